The van der Waals surface area contributed by atoms with Gasteiger partial charge >= 0.3 is 0 Å². The van der Waals surface area contributed by atoms with Crippen molar-refractivity contribution in [3.05, 3.63) is 60.2 Å². The first-order chi connectivity index (χ1) is 14.5. The molecule has 0 unspecified atom stereocenters. The minimum absolute atomic E-state index is 0.331. The van der Waals surface area contributed by atoms with Gasteiger partial charge in [-0.05, 0) is 86.3 Å². The summed E-state index contributed by atoms with van der Waals surface area (Å²) in [6.45, 7) is 5.01. The molecule has 3 heteroatoms. The van der Waals surface area contributed by atoms with Crippen LogP contribution in [-0.2, 0) is 11.3 Å². The highest BCUT2D eigenvalue weighted by molar-refractivity contribution is 5.90. The maximum Gasteiger partial charge on any atom is 0.258 e. The first kappa shape index (κ1) is 18.6. The van der Waals surface area contributed by atoms with Crippen molar-refractivity contribution in [2.24, 2.45) is 23.7 Å². The molecule has 4 bridgehead atoms. The van der Waals surface area contributed by atoms with Gasteiger partial charge in [0.25, 0.3) is 5.91 Å². The minimum Gasteiger partial charge on any atom is -0.271 e. The van der Waals surface area contributed by atoms with Crippen LogP contribution < -0.4 is 0 Å². The molecule has 7 rings (SSSR count). The summed E-state index contributed by atoms with van der Waals surface area (Å²) in [5, 5.41) is 4.61. The molecule has 2 aromatic rings. The molecule has 5 aliphatic rings. The second kappa shape index (κ2) is 6.68. The minimum atomic E-state index is -0.418. The zero-order valence-electron chi connectivity index (χ0n) is 18.1. The average molecular weight is 401 g/mol. The second-order valence-electron chi connectivity index (χ2n) is 10.7. The van der Waals surface area contributed by atoms with Gasteiger partial charge in [-0.25, -0.2) is 0 Å². The maximum atomic E-state index is 13.3. The fourth-order valence-electron chi connectivity index (χ4n) is 7.31. The molecule has 0 N–H and O–H groups in total. The van der Waals surface area contributed by atoms with Gasteiger partial charge in [0.1, 0.15) is 5.54 Å². The van der Waals surface area contributed by atoms with Gasteiger partial charge in [0.2, 0.25) is 0 Å². The van der Waals surface area contributed by atoms with Crippen molar-refractivity contribution < 1.29 is 4.79 Å². The predicted molar refractivity (Wildman–Crippen MR) is 119 cm³/mol. The normalized spacial score (nSPS) is 34.3. The molecule has 1 saturated heterocycles. The number of hydrogen-bond donors (Lipinski definition) is 0. The SMILES string of the molecule is CC1(C)C(=O)N(C2C3CC4CC(C3)CC2C4)N1Cc1ccccc1-c1ccccc1. The Morgan fingerprint density at radius 3 is 2.10 bits per heavy atom. The van der Waals surface area contributed by atoms with E-state index in [4.69, 9.17) is 0 Å². The van der Waals surface area contributed by atoms with Gasteiger partial charge in [-0.3, -0.25) is 9.80 Å². The molecule has 156 valence electrons. The first-order valence-corrected chi connectivity index (χ1v) is 11.8. The molecular weight excluding hydrogens is 368 g/mol. The molecule has 4 saturated carbocycles. The quantitative estimate of drug-likeness (QED) is 0.675. The lowest BCUT2D eigenvalue weighted by Crippen LogP contribution is -2.79. The number of carbonyl (C=O) groups is 1. The van der Waals surface area contributed by atoms with Gasteiger partial charge in [-0.2, -0.15) is 5.01 Å². The molecule has 0 atom stereocenters. The summed E-state index contributed by atoms with van der Waals surface area (Å²) in [7, 11) is 0. The molecule has 1 heterocycles. The van der Waals surface area contributed by atoms with Crippen LogP contribution in [0.3, 0.4) is 0 Å². The average Bonchev–Trinajstić information content (AvgIpc) is 2.75. The summed E-state index contributed by atoms with van der Waals surface area (Å²) in [5.41, 5.74) is 3.41. The van der Waals surface area contributed by atoms with E-state index >= 15 is 0 Å². The van der Waals surface area contributed by atoms with Crippen molar-refractivity contribution >= 4 is 5.91 Å². The van der Waals surface area contributed by atoms with Crippen molar-refractivity contribution in [3.8, 4) is 11.1 Å². The van der Waals surface area contributed by atoms with Crippen molar-refractivity contribution in [3.63, 3.8) is 0 Å². The Balaban J connectivity index is 1.32. The number of benzene rings is 2. The number of amides is 1. The fraction of sp³-hybridized carbons (Fsp3) is 0.519. The van der Waals surface area contributed by atoms with Crippen LogP contribution >= 0.6 is 0 Å². The lowest BCUT2D eigenvalue weighted by atomic mass is 9.53. The summed E-state index contributed by atoms with van der Waals surface area (Å²) in [6, 6.07) is 19.8. The van der Waals surface area contributed by atoms with Crippen LogP contribution in [0.15, 0.2) is 54.6 Å². The first-order valence-electron chi connectivity index (χ1n) is 11.8. The molecule has 30 heavy (non-hydrogen) atoms. The van der Waals surface area contributed by atoms with Crippen LogP contribution in [0.2, 0.25) is 0 Å². The number of hydrazine groups is 1. The third kappa shape index (κ3) is 2.71. The molecule has 1 amide bonds. The topological polar surface area (TPSA) is 23.6 Å². The van der Waals surface area contributed by atoms with E-state index in [0.29, 0.717) is 23.8 Å². The Hall–Kier alpha value is -2.13. The largest absolute Gasteiger partial charge is 0.271 e. The van der Waals surface area contributed by atoms with E-state index in [9.17, 15) is 4.79 Å². The number of rotatable bonds is 4. The highest BCUT2D eigenvalue weighted by Crippen LogP contribution is 2.57. The summed E-state index contributed by atoms with van der Waals surface area (Å²) in [5.74, 6) is 3.62. The number of nitrogens with zero attached hydrogens (tertiary/aromatic N) is 2. The number of carbonyl (C=O) groups excluding carboxylic acids is 1. The van der Waals surface area contributed by atoms with Gasteiger partial charge in [-0.15, -0.1) is 0 Å². The Morgan fingerprint density at radius 1 is 0.833 bits per heavy atom. The highest BCUT2D eigenvalue weighted by atomic mass is 16.2. The molecule has 2 aromatic carbocycles. The van der Waals surface area contributed by atoms with Gasteiger partial charge in [0, 0.05) is 6.54 Å². The van der Waals surface area contributed by atoms with E-state index in [2.05, 4.69) is 78.5 Å². The lowest BCUT2D eigenvalue weighted by molar-refractivity contribution is -0.251. The summed E-state index contributed by atoms with van der Waals surface area (Å²) >= 11 is 0. The zero-order valence-corrected chi connectivity index (χ0v) is 18.1. The van der Waals surface area contributed by atoms with Gasteiger partial charge < -0.3 is 0 Å². The molecule has 0 aromatic heterocycles. The van der Waals surface area contributed by atoms with Gasteiger partial charge in [-0.1, -0.05) is 54.6 Å². The molecule has 5 fully saturated rings. The molecule has 1 aliphatic heterocycles. The smallest absolute Gasteiger partial charge is 0.258 e. The van der Waals surface area contributed by atoms with Crippen LogP contribution in [0.25, 0.3) is 11.1 Å². The molecule has 4 aliphatic carbocycles. The third-order valence-electron chi connectivity index (χ3n) is 8.52. The van der Waals surface area contributed by atoms with Crippen molar-refractivity contribution in [2.75, 3.05) is 0 Å². The Kier molecular flexibility index (Phi) is 4.15. The molecule has 0 radical (unpaired) electrons. The van der Waals surface area contributed by atoms with E-state index in [1.54, 1.807) is 0 Å². The maximum absolute atomic E-state index is 13.3. The summed E-state index contributed by atoms with van der Waals surface area (Å²) in [6.07, 6.45) is 6.83. The van der Waals surface area contributed by atoms with Crippen molar-refractivity contribution in [2.45, 2.75) is 64.1 Å². The fourth-order valence-corrected chi connectivity index (χ4v) is 7.31. The molecule has 3 nitrogen and oxygen atoms in total. The third-order valence-corrected chi connectivity index (χ3v) is 8.52. The molecule has 0 spiro atoms. The van der Waals surface area contributed by atoms with E-state index < -0.39 is 5.54 Å². The lowest BCUT2D eigenvalue weighted by Gasteiger charge is -2.65. The van der Waals surface area contributed by atoms with Crippen LogP contribution in [0, 0.1) is 23.7 Å². The molecular formula is C27H32N2O. The van der Waals surface area contributed by atoms with E-state index in [0.717, 1.165) is 18.4 Å². The summed E-state index contributed by atoms with van der Waals surface area (Å²) in [4.78, 5) is 13.3. The van der Waals surface area contributed by atoms with Crippen molar-refractivity contribution in [1.29, 1.82) is 0 Å². The Morgan fingerprint density at radius 2 is 1.43 bits per heavy atom. The Bertz CT molecular complexity index is 938. The highest BCUT2D eigenvalue weighted by Gasteiger charge is 2.60. The second-order valence-corrected chi connectivity index (χ2v) is 10.7. The monoisotopic (exact) mass is 400 g/mol. The van der Waals surface area contributed by atoms with E-state index in [1.807, 2.05) is 0 Å². The van der Waals surface area contributed by atoms with Crippen LogP contribution in [0.4, 0.5) is 0 Å². The number of hydrogen-bond acceptors (Lipinski definition) is 2. The Labute approximate surface area is 180 Å². The van der Waals surface area contributed by atoms with Crippen molar-refractivity contribution in [1.82, 2.24) is 10.0 Å². The van der Waals surface area contributed by atoms with Crippen LogP contribution in [-0.4, -0.2) is 27.5 Å². The van der Waals surface area contributed by atoms with Crippen LogP contribution in [0.5, 0.6) is 0 Å². The van der Waals surface area contributed by atoms with E-state index in [1.165, 1.54) is 48.8 Å². The summed E-state index contributed by atoms with van der Waals surface area (Å²) < 4.78 is 0. The predicted octanol–water partition coefficient (Wildman–Crippen LogP) is 5.52. The zero-order chi connectivity index (χ0) is 20.5. The van der Waals surface area contributed by atoms with Gasteiger partial charge in [0.05, 0.1) is 6.04 Å². The van der Waals surface area contributed by atoms with E-state index in [-0.39, 0.29) is 0 Å². The van der Waals surface area contributed by atoms with Gasteiger partial charge in [0.15, 0.2) is 0 Å². The standard InChI is InChI=1S/C27H32N2O/c1-27(2)26(30)29(25-22-13-18-12-19(15-22)16-23(25)14-18)28(27)17-21-10-6-7-11-24(21)20-8-4-3-5-9-20/h3-11,18-19,22-23,25H,12-17H2,1-2H3. The van der Waals surface area contributed by atoms with Crippen LogP contribution in [0.1, 0.15) is 51.5 Å².